The highest BCUT2D eigenvalue weighted by Gasteiger charge is 2.39. The normalized spacial score (nSPS) is 26.0. The van der Waals surface area contributed by atoms with Gasteiger partial charge in [0, 0.05) is 13.1 Å². The second kappa shape index (κ2) is 8.74. The number of carbonyl (C=O) groups is 1. The zero-order valence-electron chi connectivity index (χ0n) is 13.8. The van der Waals surface area contributed by atoms with Crippen LogP contribution < -0.4 is 0 Å². The van der Waals surface area contributed by atoms with Crippen molar-refractivity contribution in [1.29, 1.82) is 0 Å². The Hall–Kier alpha value is -1.24. The number of hydrogen-bond acceptors (Lipinski definition) is 7. The highest BCUT2D eigenvalue weighted by Crippen LogP contribution is 2.43. The van der Waals surface area contributed by atoms with Gasteiger partial charge >= 0.3 is 5.97 Å². The molecule has 0 amide bonds. The van der Waals surface area contributed by atoms with Crippen LogP contribution in [-0.2, 0) is 23.3 Å². The van der Waals surface area contributed by atoms with Crippen LogP contribution in [0.2, 0.25) is 0 Å². The van der Waals surface area contributed by atoms with Crippen molar-refractivity contribution in [3.8, 4) is 0 Å². The molecule has 4 atom stereocenters. The van der Waals surface area contributed by atoms with Crippen LogP contribution in [0, 0.1) is 0 Å². The van der Waals surface area contributed by atoms with Gasteiger partial charge < -0.3 is 23.8 Å². The SMILES string of the molecule is CCOP(C)(=O)CO[C@@H]1C[C@H](OC(=O)c2ccccc2)[C@H](CO)O1. The summed E-state index contributed by atoms with van der Waals surface area (Å²) in [6, 6.07) is 8.58. The van der Waals surface area contributed by atoms with E-state index in [9.17, 15) is 14.5 Å². The summed E-state index contributed by atoms with van der Waals surface area (Å²) in [6.45, 7) is 3.27. The molecule has 0 aliphatic carbocycles. The first kappa shape index (κ1) is 19.1. The topological polar surface area (TPSA) is 91.3 Å². The first-order chi connectivity index (χ1) is 11.4. The largest absolute Gasteiger partial charge is 0.456 e. The van der Waals surface area contributed by atoms with E-state index < -0.39 is 31.8 Å². The lowest BCUT2D eigenvalue weighted by Crippen LogP contribution is -2.30. The van der Waals surface area contributed by atoms with Crippen LogP contribution in [-0.4, -0.2) is 55.8 Å². The molecule has 1 unspecified atom stereocenters. The molecule has 1 heterocycles. The van der Waals surface area contributed by atoms with Crippen molar-refractivity contribution >= 4 is 13.3 Å². The fourth-order valence-electron chi connectivity index (χ4n) is 2.38. The van der Waals surface area contributed by atoms with E-state index in [1.54, 1.807) is 37.3 Å². The van der Waals surface area contributed by atoms with Crippen molar-refractivity contribution in [1.82, 2.24) is 0 Å². The molecule has 0 saturated carbocycles. The average molecular weight is 358 g/mol. The molecule has 8 heteroatoms. The predicted molar refractivity (Wildman–Crippen MR) is 87.1 cm³/mol. The minimum atomic E-state index is -2.84. The Morgan fingerprint density at radius 3 is 2.71 bits per heavy atom. The lowest BCUT2D eigenvalue weighted by molar-refractivity contribution is -0.134. The molecule has 134 valence electrons. The number of rotatable bonds is 8. The molecule has 1 aromatic carbocycles. The fourth-order valence-corrected chi connectivity index (χ4v) is 3.44. The standard InChI is InChI=1S/C16H23O7P/c1-3-21-24(2,19)11-20-15-9-13(14(10-17)22-15)23-16(18)12-7-5-4-6-8-12/h4-8,13-15,17H,3,9-11H2,1-2H3/t13-,14-,15-,24?/m0/s1. The highest BCUT2D eigenvalue weighted by molar-refractivity contribution is 7.57. The maximum Gasteiger partial charge on any atom is 0.338 e. The Balaban J connectivity index is 1.90. The molecule has 24 heavy (non-hydrogen) atoms. The third kappa shape index (κ3) is 5.40. The first-order valence-electron chi connectivity index (χ1n) is 7.80. The van der Waals surface area contributed by atoms with E-state index in [1.807, 2.05) is 0 Å². The molecule has 2 rings (SSSR count). The number of benzene rings is 1. The summed E-state index contributed by atoms with van der Waals surface area (Å²) in [5.41, 5.74) is 0.424. The van der Waals surface area contributed by atoms with E-state index in [0.29, 0.717) is 12.2 Å². The van der Waals surface area contributed by atoms with Gasteiger partial charge in [0.25, 0.3) is 0 Å². The molecule has 7 nitrogen and oxygen atoms in total. The number of aliphatic hydroxyl groups is 1. The van der Waals surface area contributed by atoms with E-state index in [2.05, 4.69) is 0 Å². The molecule has 1 aliphatic rings. The van der Waals surface area contributed by atoms with E-state index in [1.165, 1.54) is 6.66 Å². The van der Waals surface area contributed by atoms with Gasteiger partial charge in [0.1, 0.15) is 18.6 Å². The van der Waals surface area contributed by atoms with Crippen molar-refractivity contribution < 1.29 is 33.2 Å². The first-order valence-corrected chi connectivity index (χ1v) is 10.1. The van der Waals surface area contributed by atoms with Crippen LogP contribution in [0.1, 0.15) is 23.7 Å². The van der Waals surface area contributed by atoms with Crippen LogP contribution in [0.3, 0.4) is 0 Å². The minimum Gasteiger partial charge on any atom is -0.456 e. The van der Waals surface area contributed by atoms with Gasteiger partial charge in [-0.3, -0.25) is 4.57 Å². The lowest BCUT2D eigenvalue weighted by atomic mass is 10.2. The summed E-state index contributed by atoms with van der Waals surface area (Å²) in [5, 5.41) is 9.40. The van der Waals surface area contributed by atoms with Crippen molar-refractivity contribution in [3.63, 3.8) is 0 Å². The van der Waals surface area contributed by atoms with Gasteiger partial charge in [0.15, 0.2) is 6.29 Å². The lowest BCUT2D eigenvalue weighted by Gasteiger charge is -2.17. The van der Waals surface area contributed by atoms with Gasteiger partial charge in [-0.1, -0.05) is 18.2 Å². The van der Waals surface area contributed by atoms with Crippen LogP contribution in [0.4, 0.5) is 0 Å². The van der Waals surface area contributed by atoms with Gasteiger partial charge in [0.2, 0.25) is 7.37 Å². The zero-order valence-corrected chi connectivity index (χ0v) is 14.7. The summed E-state index contributed by atoms with van der Waals surface area (Å²) >= 11 is 0. The number of aliphatic hydroxyl groups excluding tert-OH is 1. The molecule has 1 aliphatic heterocycles. The highest BCUT2D eigenvalue weighted by atomic mass is 31.2. The Kier molecular flexibility index (Phi) is 6.95. The van der Waals surface area contributed by atoms with Gasteiger partial charge in [-0.25, -0.2) is 4.79 Å². The molecule has 1 N–H and O–H groups in total. The van der Waals surface area contributed by atoms with Gasteiger partial charge in [-0.2, -0.15) is 0 Å². The number of carbonyl (C=O) groups excluding carboxylic acids is 1. The summed E-state index contributed by atoms with van der Waals surface area (Å²) in [4.78, 5) is 12.1. The van der Waals surface area contributed by atoms with E-state index in [4.69, 9.17) is 18.7 Å². The van der Waals surface area contributed by atoms with Crippen LogP contribution in [0.5, 0.6) is 0 Å². The fraction of sp³-hybridized carbons (Fsp3) is 0.562. The molecule has 1 aromatic rings. The molecular weight excluding hydrogens is 335 g/mol. The van der Waals surface area contributed by atoms with E-state index in [-0.39, 0.29) is 19.4 Å². The number of hydrogen-bond donors (Lipinski definition) is 1. The zero-order chi connectivity index (χ0) is 17.6. The monoisotopic (exact) mass is 358 g/mol. The molecule has 0 aromatic heterocycles. The van der Waals surface area contributed by atoms with Crippen molar-refractivity contribution in [2.45, 2.75) is 31.8 Å². The molecule has 0 spiro atoms. The summed E-state index contributed by atoms with van der Waals surface area (Å²) in [7, 11) is -2.84. The molecule has 1 fully saturated rings. The van der Waals surface area contributed by atoms with Crippen molar-refractivity contribution in [2.75, 3.05) is 26.2 Å². The molecule has 1 saturated heterocycles. The second-order valence-corrected chi connectivity index (χ2v) is 8.10. The van der Waals surface area contributed by atoms with Crippen molar-refractivity contribution in [2.24, 2.45) is 0 Å². The average Bonchev–Trinajstić information content (AvgIpc) is 2.96. The van der Waals surface area contributed by atoms with E-state index >= 15 is 0 Å². The van der Waals surface area contributed by atoms with Gasteiger partial charge in [-0.05, 0) is 19.1 Å². The Morgan fingerprint density at radius 1 is 1.38 bits per heavy atom. The third-order valence-electron chi connectivity index (χ3n) is 3.51. The quantitative estimate of drug-likeness (QED) is 0.563. The predicted octanol–water partition coefficient (Wildman–Crippen LogP) is 2.24. The van der Waals surface area contributed by atoms with E-state index in [0.717, 1.165) is 0 Å². The Labute approximate surface area is 141 Å². The maximum absolute atomic E-state index is 12.1. The second-order valence-electron chi connectivity index (χ2n) is 5.56. The summed E-state index contributed by atoms with van der Waals surface area (Å²) in [6.07, 6.45) is -1.84. The Morgan fingerprint density at radius 2 is 2.08 bits per heavy atom. The molecule has 0 bridgehead atoms. The van der Waals surface area contributed by atoms with Crippen molar-refractivity contribution in [3.05, 3.63) is 35.9 Å². The van der Waals surface area contributed by atoms with Crippen LogP contribution >= 0.6 is 7.37 Å². The molecule has 0 radical (unpaired) electrons. The van der Waals surface area contributed by atoms with Gasteiger partial charge in [0.05, 0.1) is 18.8 Å². The summed E-state index contributed by atoms with van der Waals surface area (Å²) < 4.78 is 33.5. The Bertz CT molecular complexity index is 577. The summed E-state index contributed by atoms with van der Waals surface area (Å²) in [5.74, 6) is -0.487. The number of ether oxygens (including phenoxy) is 3. The smallest absolute Gasteiger partial charge is 0.338 e. The van der Waals surface area contributed by atoms with Gasteiger partial charge in [-0.15, -0.1) is 0 Å². The third-order valence-corrected chi connectivity index (χ3v) is 4.93. The minimum absolute atomic E-state index is 0.0942. The van der Waals surface area contributed by atoms with Crippen LogP contribution in [0.25, 0.3) is 0 Å². The molecular formula is C16H23O7P. The maximum atomic E-state index is 12.1. The number of esters is 1. The van der Waals surface area contributed by atoms with Crippen LogP contribution in [0.15, 0.2) is 30.3 Å².